The van der Waals surface area contributed by atoms with Gasteiger partial charge in [0.05, 0.1) is 0 Å². The molecule has 0 aromatic heterocycles. The maximum Gasteiger partial charge on any atom is 0.255 e. The molecule has 0 spiro atoms. The zero-order valence-electron chi connectivity index (χ0n) is 14.1. The van der Waals surface area contributed by atoms with E-state index in [1.807, 2.05) is 43.3 Å². The largest absolute Gasteiger partial charge is 0.322 e. The molecule has 0 radical (unpaired) electrons. The molecule has 0 saturated carbocycles. The quantitative estimate of drug-likeness (QED) is 0.537. The molecule has 2 amide bonds. The molecule has 3 aromatic rings. The Hall–Kier alpha value is -2.67. The Kier molecular flexibility index (Phi) is 5.68. The second-order valence-corrected chi connectivity index (χ2v) is 7.06. The zero-order valence-corrected chi connectivity index (χ0v) is 16.3. The SMILES string of the molecule is Cc1ccccc1C(=O)Nc1ccc(NC(=O)c2cccc(I)c2)cc1. The van der Waals surface area contributed by atoms with E-state index in [2.05, 4.69) is 33.2 Å². The van der Waals surface area contributed by atoms with Gasteiger partial charge in [0.2, 0.25) is 0 Å². The lowest BCUT2D eigenvalue weighted by atomic mass is 10.1. The van der Waals surface area contributed by atoms with E-state index in [-0.39, 0.29) is 11.8 Å². The van der Waals surface area contributed by atoms with Crippen molar-refractivity contribution in [3.8, 4) is 0 Å². The molecule has 0 atom stereocenters. The van der Waals surface area contributed by atoms with Crippen LogP contribution in [0.2, 0.25) is 0 Å². The lowest BCUT2D eigenvalue weighted by molar-refractivity contribution is 0.101. The number of aryl methyl sites for hydroxylation is 1. The van der Waals surface area contributed by atoms with Gasteiger partial charge in [0.25, 0.3) is 11.8 Å². The fourth-order valence-electron chi connectivity index (χ4n) is 2.50. The fourth-order valence-corrected chi connectivity index (χ4v) is 3.04. The highest BCUT2D eigenvalue weighted by molar-refractivity contribution is 14.1. The van der Waals surface area contributed by atoms with Crippen LogP contribution in [0.1, 0.15) is 26.3 Å². The highest BCUT2D eigenvalue weighted by Crippen LogP contribution is 2.17. The summed E-state index contributed by atoms with van der Waals surface area (Å²) >= 11 is 2.17. The Morgan fingerprint density at radius 1 is 0.769 bits per heavy atom. The molecular formula is C21H17IN2O2. The third kappa shape index (κ3) is 4.49. The van der Waals surface area contributed by atoms with Gasteiger partial charge in [0.1, 0.15) is 0 Å². The van der Waals surface area contributed by atoms with Gasteiger partial charge in [-0.05, 0) is 83.6 Å². The van der Waals surface area contributed by atoms with Crippen LogP contribution < -0.4 is 10.6 Å². The van der Waals surface area contributed by atoms with Crippen LogP contribution in [-0.2, 0) is 0 Å². The highest BCUT2D eigenvalue weighted by Gasteiger charge is 2.09. The summed E-state index contributed by atoms with van der Waals surface area (Å²) in [6.45, 7) is 1.90. The van der Waals surface area contributed by atoms with Crippen molar-refractivity contribution in [3.05, 3.63) is 93.1 Å². The van der Waals surface area contributed by atoms with E-state index in [0.29, 0.717) is 22.5 Å². The fraction of sp³-hybridized carbons (Fsp3) is 0.0476. The molecule has 0 aliphatic rings. The van der Waals surface area contributed by atoms with Crippen molar-refractivity contribution < 1.29 is 9.59 Å². The maximum absolute atomic E-state index is 12.3. The molecule has 2 N–H and O–H groups in total. The van der Waals surface area contributed by atoms with Crippen molar-refractivity contribution in [2.45, 2.75) is 6.92 Å². The summed E-state index contributed by atoms with van der Waals surface area (Å²) in [4.78, 5) is 24.6. The summed E-state index contributed by atoms with van der Waals surface area (Å²) in [5, 5.41) is 5.72. The molecule has 5 heteroatoms. The van der Waals surface area contributed by atoms with Crippen molar-refractivity contribution >= 4 is 45.8 Å². The van der Waals surface area contributed by atoms with Crippen LogP contribution in [0.3, 0.4) is 0 Å². The van der Waals surface area contributed by atoms with Crippen molar-refractivity contribution in [1.29, 1.82) is 0 Å². The first kappa shape index (κ1) is 18.1. The summed E-state index contributed by atoms with van der Waals surface area (Å²) in [6.07, 6.45) is 0. The van der Waals surface area contributed by atoms with E-state index in [1.54, 1.807) is 36.4 Å². The number of benzene rings is 3. The lowest BCUT2D eigenvalue weighted by Gasteiger charge is -2.09. The van der Waals surface area contributed by atoms with E-state index in [4.69, 9.17) is 0 Å². The van der Waals surface area contributed by atoms with Gasteiger partial charge < -0.3 is 10.6 Å². The monoisotopic (exact) mass is 456 g/mol. The Morgan fingerprint density at radius 2 is 1.38 bits per heavy atom. The van der Waals surface area contributed by atoms with Gasteiger partial charge >= 0.3 is 0 Å². The minimum Gasteiger partial charge on any atom is -0.322 e. The van der Waals surface area contributed by atoms with E-state index in [1.165, 1.54) is 0 Å². The van der Waals surface area contributed by atoms with Crippen LogP contribution in [0.15, 0.2) is 72.8 Å². The Labute approximate surface area is 165 Å². The number of carbonyl (C=O) groups is 2. The number of nitrogens with one attached hydrogen (secondary N) is 2. The van der Waals surface area contributed by atoms with Gasteiger partial charge in [-0.3, -0.25) is 9.59 Å². The smallest absolute Gasteiger partial charge is 0.255 e. The average Bonchev–Trinajstić information content (AvgIpc) is 2.63. The van der Waals surface area contributed by atoms with Crippen molar-refractivity contribution in [1.82, 2.24) is 0 Å². The Bertz CT molecular complexity index is 952. The topological polar surface area (TPSA) is 58.2 Å². The van der Waals surface area contributed by atoms with Crippen LogP contribution in [-0.4, -0.2) is 11.8 Å². The molecule has 130 valence electrons. The summed E-state index contributed by atoms with van der Waals surface area (Å²) in [7, 11) is 0. The molecule has 0 bridgehead atoms. The molecule has 0 aliphatic heterocycles. The zero-order chi connectivity index (χ0) is 18.5. The van der Waals surface area contributed by atoms with Crippen molar-refractivity contribution in [2.75, 3.05) is 10.6 Å². The molecule has 3 aromatic carbocycles. The number of amides is 2. The number of carbonyl (C=O) groups excluding carboxylic acids is 2. The number of rotatable bonds is 4. The molecule has 0 aliphatic carbocycles. The molecule has 3 rings (SSSR count). The summed E-state index contributed by atoms with van der Waals surface area (Å²) in [6, 6.07) is 21.9. The average molecular weight is 456 g/mol. The maximum atomic E-state index is 12.3. The minimum atomic E-state index is -0.166. The van der Waals surface area contributed by atoms with E-state index in [9.17, 15) is 9.59 Å². The van der Waals surface area contributed by atoms with Gasteiger partial charge in [-0.25, -0.2) is 0 Å². The summed E-state index contributed by atoms with van der Waals surface area (Å²) < 4.78 is 1.00. The van der Waals surface area contributed by atoms with Gasteiger partial charge in [-0.2, -0.15) is 0 Å². The van der Waals surface area contributed by atoms with E-state index >= 15 is 0 Å². The number of halogens is 1. The van der Waals surface area contributed by atoms with Crippen LogP contribution >= 0.6 is 22.6 Å². The minimum absolute atomic E-state index is 0.154. The lowest BCUT2D eigenvalue weighted by Crippen LogP contribution is -2.14. The van der Waals surface area contributed by atoms with Gasteiger partial charge in [0, 0.05) is 26.1 Å². The second kappa shape index (κ2) is 8.14. The molecule has 0 saturated heterocycles. The molecule has 0 heterocycles. The Morgan fingerprint density at radius 3 is 2.00 bits per heavy atom. The highest BCUT2D eigenvalue weighted by atomic mass is 127. The van der Waals surface area contributed by atoms with Crippen LogP contribution in [0.25, 0.3) is 0 Å². The van der Waals surface area contributed by atoms with Crippen LogP contribution in [0.5, 0.6) is 0 Å². The van der Waals surface area contributed by atoms with E-state index < -0.39 is 0 Å². The van der Waals surface area contributed by atoms with Crippen molar-refractivity contribution in [3.63, 3.8) is 0 Å². The summed E-state index contributed by atoms with van der Waals surface area (Å²) in [5.41, 5.74) is 3.51. The van der Waals surface area contributed by atoms with Crippen molar-refractivity contribution in [2.24, 2.45) is 0 Å². The second-order valence-electron chi connectivity index (χ2n) is 5.81. The number of hydrogen-bond acceptors (Lipinski definition) is 2. The molecular weight excluding hydrogens is 439 g/mol. The van der Waals surface area contributed by atoms with Crippen LogP contribution in [0, 0.1) is 10.5 Å². The summed E-state index contributed by atoms with van der Waals surface area (Å²) in [5.74, 6) is -0.320. The molecule has 26 heavy (non-hydrogen) atoms. The van der Waals surface area contributed by atoms with E-state index in [0.717, 1.165) is 9.13 Å². The van der Waals surface area contributed by atoms with Crippen LogP contribution in [0.4, 0.5) is 11.4 Å². The predicted molar refractivity (Wildman–Crippen MR) is 113 cm³/mol. The molecule has 4 nitrogen and oxygen atoms in total. The normalized spacial score (nSPS) is 10.2. The molecule has 0 unspecified atom stereocenters. The standard InChI is InChI=1S/C21H17IN2O2/c1-14-5-2-3-8-19(14)21(26)24-18-11-9-17(10-12-18)23-20(25)15-6-4-7-16(22)13-15/h2-13H,1H3,(H,23,25)(H,24,26). The number of hydrogen-bond donors (Lipinski definition) is 2. The first-order valence-corrected chi connectivity index (χ1v) is 9.15. The molecule has 0 fully saturated rings. The van der Waals surface area contributed by atoms with Gasteiger partial charge in [-0.15, -0.1) is 0 Å². The van der Waals surface area contributed by atoms with Gasteiger partial charge in [0.15, 0.2) is 0 Å². The third-order valence-corrected chi connectivity index (χ3v) is 4.55. The van der Waals surface area contributed by atoms with Gasteiger partial charge in [-0.1, -0.05) is 24.3 Å². The first-order valence-electron chi connectivity index (χ1n) is 8.07. The first-order chi connectivity index (χ1) is 12.5. The third-order valence-electron chi connectivity index (χ3n) is 3.88. The number of anilines is 2. The Balaban J connectivity index is 1.66. The predicted octanol–water partition coefficient (Wildman–Crippen LogP) is 5.10.